The van der Waals surface area contributed by atoms with E-state index >= 15 is 0 Å². The van der Waals surface area contributed by atoms with Crippen molar-refractivity contribution in [3.05, 3.63) is 127 Å². The number of para-hydroxylation sites is 1. The molecule has 16 heteroatoms. The van der Waals surface area contributed by atoms with Gasteiger partial charge in [-0.15, -0.1) is 0 Å². The molecule has 0 radical (unpaired) electrons. The van der Waals surface area contributed by atoms with Crippen LogP contribution in [0.3, 0.4) is 0 Å². The van der Waals surface area contributed by atoms with Crippen LogP contribution in [0.25, 0.3) is 22.0 Å². The number of ether oxygens (including phenoxy) is 2. The first kappa shape index (κ1) is 53.8. The minimum Gasteiger partial charge on any atom is -0.508 e. The Morgan fingerprint density at radius 1 is 0.890 bits per heavy atom. The first-order valence-corrected chi connectivity index (χ1v) is 25.7. The molecule has 0 bridgehead atoms. The van der Waals surface area contributed by atoms with Crippen LogP contribution in [0.5, 0.6) is 11.5 Å². The van der Waals surface area contributed by atoms with Crippen molar-refractivity contribution in [2.75, 3.05) is 51.8 Å². The molecule has 4 amide bonds. The molecule has 7 rings (SSSR count). The largest absolute Gasteiger partial charge is 0.508 e. The summed E-state index contributed by atoms with van der Waals surface area (Å²) in [5.74, 6) is -2.05. The van der Waals surface area contributed by atoms with Crippen molar-refractivity contribution in [1.82, 2.24) is 31.2 Å². The van der Waals surface area contributed by atoms with Gasteiger partial charge in [-0.25, -0.2) is 0 Å². The molecule has 9 N–H and O–H groups in total. The second kappa shape index (κ2) is 27.2. The lowest BCUT2D eigenvalue weighted by molar-refractivity contribution is -0.133. The molecule has 73 heavy (non-hydrogen) atoms. The standard InChI is InChI=1S/C57H72N8O8/c1-3-59-26-7-6-9-41(55(69)61-36-54(68)62-45-21-16-39(17-22-45)37-65-27-29-73-30-28-65)20-25-52(67)50(31-38-14-18-40(19-15-38)47-12-4-5-13-53(47)72-2)63-57(71)51(64-56(70)42-10-8-11-44(58)32-42)33-43-35-60-49-24-23-46(66)34-48(43)49/h3-5,12-19,21-24,34-35,41-42,44,50-51,59-60,66H,1,6-11,20,25-33,36-37,58H2,2H3,(H,61,69)(H,62,68)(H,63,71)(H,64,70)/t41-,42+,44+,50+,51+/m1/s1. The number of aromatic amines is 1. The fourth-order valence-corrected chi connectivity index (χ4v) is 9.82. The molecule has 0 spiro atoms. The maximum Gasteiger partial charge on any atom is 0.243 e. The minimum atomic E-state index is -1.09. The number of aromatic hydroxyl groups is 1. The number of anilines is 1. The first-order chi connectivity index (χ1) is 35.5. The summed E-state index contributed by atoms with van der Waals surface area (Å²) < 4.78 is 11.1. The van der Waals surface area contributed by atoms with E-state index in [1.165, 1.54) is 0 Å². The second-order valence-corrected chi connectivity index (χ2v) is 19.3. The summed E-state index contributed by atoms with van der Waals surface area (Å²) in [5.41, 5.74) is 12.1. The molecule has 16 nitrogen and oxygen atoms in total. The number of H-pyrrole nitrogens is 1. The van der Waals surface area contributed by atoms with Crippen LogP contribution in [0.1, 0.15) is 74.5 Å². The van der Waals surface area contributed by atoms with Crippen molar-refractivity contribution >= 4 is 46.0 Å². The molecule has 1 aliphatic heterocycles. The number of benzene rings is 4. The Hall–Kier alpha value is -7.01. The molecule has 388 valence electrons. The fraction of sp³-hybridized carbons (Fsp3) is 0.421. The van der Waals surface area contributed by atoms with Gasteiger partial charge in [0, 0.05) is 85.2 Å². The van der Waals surface area contributed by atoms with Crippen LogP contribution in [0.4, 0.5) is 5.69 Å². The lowest BCUT2D eigenvalue weighted by Crippen LogP contribution is -2.54. The van der Waals surface area contributed by atoms with Gasteiger partial charge in [0.1, 0.15) is 17.5 Å². The number of methoxy groups -OCH3 is 1. The van der Waals surface area contributed by atoms with Gasteiger partial charge < -0.3 is 51.9 Å². The normalized spacial score (nSPS) is 17.1. The Kier molecular flexibility index (Phi) is 20.0. The zero-order chi connectivity index (χ0) is 51.5. The number of hydrogen-bond donors (Lipinski definition) is 8. The van der Waals surface area contributed by atoms with Gasteiger partial charge in [-0.2, -0.15) is 0 Å². The molecular formula is C57H72N8O8. The smallest absolute Gasteiger partial charge is 0.243 e. The Bertz CT molecular complexity index is 2630. The average molecular weight is 997 g/mol. The molecule has 5 atom stereocenters. The van der Waals surface area contributed by atoms with Gasteiger partial charge in [-0.3, -0.25) is 28.9 Å². The number of nitrogens with zero attached hydrogens (tertiary/aromatic N) is 1. The van der Waals surface area contributed by atoms with Crippen LogP contribution in [0.15, 0.2) is 110 Å². The van der Waals surface area contributed by atoms with Crippen molar-refractivity contribution < 1.29 is 38.6 Å². The van der Waals surface area contributed by atoms with Gasteiger partial charge in [-0.05, 0) is 110 Å². The van der Waals surface area contributed by atoms with E-state index in [2.05, 4.69) is 43.0 Å². The number of amides is 4. The molecule has 1 saturated carbocycles. The summed E-state index contributed by atoms with van der Waals surface area (Å²) in [7, 11) is 1.62. The molecule has 0 unspecified atom stereocenters. The Labute approximate surface area is 428 Å². The number of carbonyl (C=O) groups is 5. The van der Waals surface area contributed by atoms with Crippen LogP contribution in [-0.4, -0.2) is 109 Å². The zero-order valence-corrected chi connectivity index (χ0v) is 42.0. The van der Waals surface area contributed by atoms with E-state index in [-0.39, 0.29) is 73.4 Å². The molecule has 1 aliphatic carbocycles. The summed E-state index contributed by atoms with van der Waals surface area (Å²) in [4.78, 5) is 75.9. The monoisotopic (exact) mass is 997 g/mol. The lowest BCUT2D eigenvalue weighted by Gasteiger charge is -2.28. The number of nitrogens with two attached hydrogens (primary N) is 1. The predicted molar refractivity (Wildman–Crippen MR) is 284 cm³/mol. The SMILES string of the molecule is C=CNCCCC[C@H](CCC(=O)[C@H](Cc1ccc(-c2ccccc2OC)cc1)NC(=O)[C@H](Cc1c[nH]c2ccc(O)cc12)NC(=O)[C@H]1CCC[C@H](N)C1)C(=O)NCC(=O)Nc1ccc(CN2CCOCC2)cc1. The van der Waals surface area contributed by atoms with E-state index < -0.39 is 23.9 Å². The van der Waals surface area contributed by atoms with Gasteiger partial charge in [0.15, 0.2) is 5.78 Å². The highest BCUT2D eigenvalue weighted by molar-refractivity contribution is 5.96. The van der Waals surface area contributed by atoms with Crippen LogP contribution in [0, 0.1) is 11.8 Å². The number of hydrogen-bond acceptors (Lipinski definition) is 11. The number of fused-ring (bicyclic) bond motifs is 1. The van der Waals surface area contributed by atoms with Crippen molar-refractivity contribution in [3.63, 3.8) is 0 Å². The molecule has 2 heterocycles. The van der Waals surface area contributed by atoms with Crippen LogP contribution in [-0.2, 0) is 48.1 Å². The van der Waals surface area contributed by atoms with E-state index in [1.807, 2.05) is 72.8 Å². The molecule has 2 fully saturated rings. The van der Waals surface area contributed by atoms with E-state index in [9.17, 15) is 29.1 Å². The molecule has 2 aliphatic rings. The number of nitrogens with one attached hydrogen (secondary N) is 6. The highest BCUT2D eigenvalue weighted by atomic mass is 16.5. The van der Waals surface area contributed by atoms with Gasteiger partial charge in [0.2, 0.25) is 23.6 Å². The van der Waals surface area contributed by atoms with Gasteiger partial charge in [0.05, 0.1) is 32.9 Å². The Balaban J connectivity index is 1.07. The fourth-order valence-electron chi connectivity index (χ4n) is 9.82. The number of morpholine rings is 1. The zero-order valence-electron chi connectivity index (χ0n) is 42.0. The van der Waals surface area contributed by atoms with E-state index in [4.69, 9.17) is 15.2 Å². The van der Waals surface area contributed by atoms with E-state index in [0.717, 1.165) is 66.7 Å². The van der Waals surface area contributed by atoms with Crippen LogP contribution < -0.4 is 37.1 Å². The first-order valence-electron chi connectivity index (χ1n) is 25.7. The van der Waals surface area contributed by atoms with Crippen molar-refractivity contribution in [2.45, 2.75) is 95.3 Å². The van der Waals surface area contributed by atoms with Gasteiger partial charge in [0.25, 0.3) is 0 Å². The maximum atomic E-state index is 14.7. The van der Waals surface area contributed by atoms with E-state index in [1.54, 1.807) is 37.7 Å². The van der Waals surface area contributed by atoms with Gasteiger partial charge >= 0.3 is 0 Å². The number of Topliss-reactive ketones (excluding diaryl/α,β-unsaturated/α-hetero) is 1. The summed E-state index contributed by atoms with van der Waals surface area (Å²) in [6, 6.07) is 25.7. The van der Waals surface area contributed by atoms with Crippen molar-refractivity contribution in [1.29, 1.82) is 0 Å². The second-order valence-electron chi connectivity index (χ2n) is 19.3. The summed E-state index contributed by atoms with van der Waals surface area (Å²) in [6.45, 7) is 8.09. The highest BCUT2D eigenvalue weighted by Gasteiger charge is 2.32. The molecular weight excluding hydrogens is 925 g/mol. The van der Waals surface area contributed by atoms with Crippen LogP contribution >= 0.6 is 0 Å². The quantitative estimate of drug-likeness (QED) is 0.0288. The average Bonchev–Trinajstić information content (AvgIpc) is 3.80. The summed E-state index contributed by atoms with van der Waals surface area (Å²) in [5, 5.41) is 25.9. The highest BCUT2D eigenvalue weighted by Crippen LogP contribution is 2.31. The topological polar surface area (TPSA) is 229 Å². The van der Waals surface area contributed by atoms with Gasteiger partial charge in [-0.1, -0.05) is 74.0 Å². The number of unbranched alkanes of at least 4 members (excludes halogenated alkanes) is 1. The number of phenols is 1. The van der Waals surface area contributed by atoms with Crippen molar-refractivity contribution in [3.8, 4) is 22.6 Å². The van der Waals surface area contributed by atoms with Crippen molar-refractivity contribution in [2.24, 2.45) is 17.6 Å². The number of rotatable bonds is 26. The summed E-state index contributed by atoms with van der Waals surface area (Å²) >= 11 is 0. The number of ketones is 1. The molecule has 1 aromatic heterocycles. The molecule has 1 saturated heterocycles. The maximum absolute atomic E-state index is 14.7. The molecule has 5 aromatic rings. The summed E-state index contributed by atoms with van der Waals surface area (Å²) in [6.07, 6.45) is 8.37. The Morgan fingerprint density at radius 2 is 1.66 bits per heavy atom. The minimum absolute atomic E-state index is 0.0467. The number of aromatic nitrogens is 1. The van der Waals surface area contributed by atoms with Crippen LogP contribution in [0.2, 0.25) is 0 Å². The number of phenolic OH excluding ortho intramolecular Hbond substituents is 1. The lowest BCUT2D eigenvalue weighted by atomic mass is 9.85. The third-order valence-electron chi connectivity index (χ3n) is 14.0. The predicted octanol–water partition coefficient (Wildman–Crippen LogP) is 6.28. The third-order valence-corrected chi connectivity index (χ3v) is 14.0. The Morgan fingerprint density at radius 3 is 2.41 bits per heavy atom. The third kappa shape index (κ3) is 16.0. The molecule has 4 aromatic carbocycles. The number of carbonyl (C=O) groups excluding carboxylic acids is 5. The van der Waals surface area contributed by atoms with E-state index in [0.29, 0.717) is 67.8 Å².